The third-order valence-electron chi connectivity index (χ3n) is 3.46. The number of anilines is 1. The lowest BCUT2D eigenvalue weighted by Gasteiger charge is -2.08. The molecule has 2 aromatic rings. The van der Waals surface area contributed by atoms with Crippen LogP contribution in [0.3, 0.4) is 0 Å². The fourth-order valence-electron chi connectivity index (χ4n) is 2.37. The third kappa shape index (κ3) is 2.40. The molecule has 0 aromatic heterocycles. The van der Waals surface area contributed by atoms with E-state index >= 15 is 0 Å². The molecule has 0 atom stereocenters. The van der Waals surface area contributed by atoms with Gasteiger partial charge in [-0.1, -0.05) is 34.1 Å². The summed E-state index contributed by atoms with van der Waals surface area (Å²) in [6.45, 7) is 1.95. The number of phenols is 1. The number of hydrogen-bond acceptors (Lipinski definition) is 2. The summed E-state index contributed by atoms with van der Waals surface area (Å²) in [7, 11) is 0. The van der Waals surface area contributed by atoms with Gasteiger partial charge in [0.25, 0.3) is 5.91 Å². The molecule has 1 aliphatic rings. The van der Waals surface area contributed by atoms with Gasteiger partial charge in [-0.2, -0.15) is 0 Å². The lowest BCUT2D eigenvalue weighted by atomic mass is 9.99. The normalized spacial score (nSPS) is 15.2. The van der Waals surface area contributed by atoms with Crippen LogP contribution < -0.4 is 5.32 Å². The topological polar surface area (TPSA) is 49.3 Å². The fourth-order valence-corrected chi connectivity index (χ4v) is 3.63. The Balaban J connectivity index is 2.24. The molecule has 5 heteroatoms. The van der Waals surface area contributed by atoms with Gasteiger partial charge in [-0.3, -0.25) is 4.79 Å². The highest BCUT2D eigenvalue weighted by atomic mass is 79.9. The average molecular weight is 409 g/mol. The summed E-state index contributed by atoms with van der Waals surface area (Å²) in [5.41, 5.74) is 3.76. The molecule has 0 saturated heterocycles. The van der Waals surface area contributed by atoms with Crippen LogP contribution in [-0.2, 0) is 4.79 Å². The fraction of sp³-hybridized carbons (Fsp3) is 0.0625. The SMILES string of the molecule is Cc1c(Br)cc(Br)c2c1C(=Cc1ccccc1O)C(=O)N2. The predicted molar refractivity (Wildman–Crippen MR) is 91.2 cm³/mol. The van der Waals surface area contributed by atoms with Crippen LogP contribution in [0.5, 0.6) is 5.75 Å². The van der Waals surface area contributed by atoms with Crippen molar-refractivity contribution in [3.8, 4) is 5.75 Å². The van der Waals surface area contributed by atoms with Crippen LogP contribution in [0.15, 0.2) is 39.3 Å². The molecule has 2 N–H and O–H groups in total. The first-order valence-electron chi connectivity index (χ1n) is 6.29. The van der Waals surface area contributed by atoms with Crippen molar-refractivity contribution in [2.24, 2.45) is 0 Å². The quantitative estimate of drug-likeness (QED) is 0.670. The molecule has 21 heavy (non-hydrogen) atoms. The maximum atomic E-state index is 12.3. The standard InChI is InChI=1S/C16H11Br2NO2/c1-8-11(17)7-12(18)15-14(8)10(16(21)19-15)6-9-4-2-3-5-13(9)20/h2-7,20H,1H3,(H,19,21). The lowest BCUT2D eigenvalue weighted by molar-refractivity contribution is -0.110. The number of carbonyl (C=O) groups is 1. The zero-order valence-corrected chi connectivity index (χ0v) is 14.2. The highest BCUT2D eigenvalue weighted by Gasteiger charge is 2.29. The number of halogens is 2. The van der Waals surface area contributed by atoms with Gasteiger partial charge < -0.3 is 10.4 Å². The summed E-state index contributed by atoms with van der Waals surface area (Å²) < 4.78 is 1.75. The molecule has 0 aliphatic carbocycles. The molecule has 1 heterocycles. The molecule has 3 nitrogen and oxygen atoms in total. The number of nitrogens with one attached hydrogen (secondary N) is 1. The molecule has 2 aromatic carbocycles. The van der Waals surface area contributed by atoms with Gasteiger partial charge in [0.15, 0.2) is 0 Å². The minimum atomic E-state index is -0.171. The van der Waals surface area contributed by atoms with Crippen molar-refractivity contribution in [1.29, 1.82) is 0 Å². The van der Waals surface area contributed by atoms with Gasteiger partial charge in [-0.15, -0.1) is 0 Å². The van der Waals surface area contributed by atoms with E-state index in [-0.39, 0.29) is 11.7 Å². The first kappa shape index (κ1) is 14.4. The molecule has 0 spiro atoms. The Hall–Kier alpha value is -1.59. The number of hydrogen-bond donors (Lipinski definition) is 2. The van der Waals surface area contributed by atoms with Crippen molar-refractivity contribution in [3.05, 3.63) is 56.0 Å². The first-order chi connectivity index (χ1) is 9.99. The van der Waals surface area contributed by atoms with Crippen LogP contribution in [0.2, 0.25) is 0 Å². The summed E-state index contributed by atoms with van der Waals surface area (Å²) >= 11 is 6.97. The Bertz CT molecular complexity index is 797. The van der Waals surface area contributed by atoms with Crippen molar-refractivity contribution < 1.29 is 9.90 Å². The van der Waals surface area contributed by atoms with Crippen LogP contribution in [0.4, 0.5) is 5.69 Å². The number of carbonyl (C=O) groups excluding carboxylic acids is 1. The number of benzene rings is 2. The van der Waals surface area contributed by atoms with Gasteiger partial charge in [0.2, 0.25) is 0 Å². The zero-order valence-electron chi connectivity index (χ0n) is 11.1. The number of phenolic OH excluding ortho intramolecular Hbond substituents is 1. The van der Waals surface area contributed by atoms with E-state index in [4.69, 9.17) is 0 Å². The monoisotopic (exact) mass is 407 g/mol. The third-order valence-corrected chi connectivity index (χ3v) is 4.91. The van der Waals surface area contributed by atoms with E-state index < -0.39 is 0 Å². The Morgan fingerprint density at radius 1 is 1.19 bits per heavy atom. The Kier molecular flexibility index (Phi) is 3.63. The minimum absolute atomic E-state index is 0.151. The Morgan fingerprint density at radius 2 is 1.90 bits per heavy atom. The van der Waals surface area contributed by atoms with E-state index in [1.165, 1.54) is 0 Å². The number of fused-ring (bicyclic) bond motifs is 1. The number of para-hydroxylation sites is 1. The van der Waals surface area contributed by atoms with Crippen molar-refractivity contribution in [2.75, 3.05) is 5.32 Å². The number of aromatic hydroxyl groups is 1. The molecule has 0 unspecified atom stereocenters. The smallest absolute Gasteiger partial charge is 0.256 e. The molecule has 0 fully saturated rings. The highest BCUT2D eigenvalue weighted by Crippen LogP contribution is 2.43. The molecule has 1 aliphatic heterocycles. The molecule has 0 bridgehead atoms. The van der Waals surface area contributed by atoms with Crippen LogP contribution in [0.1, 0.15) is 16.7 Å². The number of amides is 1. The van der Waals surface area contributed by atoms with E-state index in [1.54, 1.807) is 24.3 Å². The molecule has 0 radical (unpaired) electrons. The lowest BCUT2D eigenvalue weighted by Crippen LogP contribution is -2.03. The Labute approximate surface area is 138 Å². The van der Waals surface area contributed by atoms with Crippen molar-refractivity contribution in [1.82, 2.24) is 0 Å². The second kappa shape index (κ2) is 5.31. The van der Waals surface area contributed by atoms with Crippen LogP contribution in [-0.4, -0.2) is 11.0 Å². The summed E-state index contributed by atoms with van der Waals surface area (Å²) in [5, 5.41) is 12.8. The van der Waals surface area contributed by atoms with E-state index in [1.807, 2.05) is 19.1 Å². The number of rotatable bonds is 1. The zero-order chi connectivity index (χ0) is 15.1. The first-order valence-corrected chi connectivity index (χ1v) is 7.87. The van der Waals surface area contributed by atoms with E-state index in [0.29, 0.717) is 11.1 Å². The van der Waals surface area contributed by atoms with Crippen LogP contribution >= 0.6 is 31.9 Å². The molecular weight excluding hydrogens is 398 g/mol. The molecule has 3 rings (SSSR count). The second-order valence-electron chi connectivity index (χ2n) is 4.79. The predicted octanol–water partition coefficient (Wildman–Crippen LogP) is 4.72. The molecule has 1 amide bonds. The van der Waals surface area contributed by atoms with Gasteiger partial charge >= 0.3 is 0 Å². The van der Waals surface area contributed by atoms with Gasteiger partial charge in [0.05, 0.1) is 11.3 Å². The summed E-state index contributed by atoms with van der Waals surface area (Å²) in [4.78, 5) is 12.3. The van der Waals surface area contributed by atoms with Gasteiger partial charge in [0, 0.05) is 20.1 Å². The summed E-state index contributed by atoms with van der Waals surface area (Å²) in [6.07, 6.45) is 1.71. The van der Waals surface area contributed by atoms with Gasteiger partial charge in [0.1, 0.15) is 5.75 Å². The maximum Gasteiger partial charge on any atom is 0.256 e. The summed E-state index contributed by atoms with van der Waals surface area (Å²) in [6, 6.07) is 8.86. The van der Waals surface area contributed by atoms with Crippen molar-refractivity contribution in [3.63, 3.8) is 0 Å². The van der Waals surface area contributed by atoms with Crippen LogP contribution in [0.25, 0.3) is 11.6 Å². The second-order valence-corrected chi connectivity index (χ2v) is 6.49. The van der Waals surface area contributed by atoms with E-state index in [9.17, 15) is 9.90 Å². The average Bonchev–Trinajstić information content (AvgIpc) is 2.77. The Morgan fingerprint density at radius 3 is 2.62 bits per heavy atom. The molecule has 106 valence electrons. The summed E-state index contributed by atoms with van der Waals surface area (Å²) in [5.74, 6) is -0.0203. The van der Waals surface area contributed by atoms with Crippen molar-refractivity contribution >= 4 is 55.1 Å². The van der Waals surface area contributed by atoms with E-state index in [0.717, 1.165) is 25.8 Å². The molecule has 0 saturated carbocycles. The van der Waals surface area contributed by atoms with Crippen molar-refractivity contribution in [2.45, 2.75) is 6.92 Å². The maximum absolute atomic E-state index is 12.3. The van der Waals surface area contributed by atoms with Gasteiger partial charge in [-0.25, -0.2) is 0 Å². The van der Waals surface area contributed by atoms with Crippen LogP contribution in [0, 0.1) is 6.92 Å². The minimum Gasteiger partial charge on any atom is -0.507 e. The molecular formula is C16H11Br2NO2. The van der Waals surface area contributed by atoms with E-state index in [2.05, 4.69) is 37.2 Å². The van der Waals surface area contributed by atoms with Gasteiger partial charge in [-0.05, 0) is 46.6 Å². The largest absolute Gasteiger partial charge is 0.507 e. The highest BCUT2D eigenvalue weighted by molar-refractivity contribution is 9.11.